The first-order valence-corrected chi connectivity index (χ1v) is 11.1. The quantitative estimate of drug-likeness (QED) is 0.348. The lowest BCUT2D eigenvalue weighted by atomic mass is 10.2. The second-order valence-corrected chi connectivity index (χ2v) is 13.7. The highest BCUT2D eigenvalue weighted by atomic mass is 32.2. The molecule has 0 aliphatic carbocycles. The van der Waals surface area contributed by atoms with E-state index in [9.17, 15) is 39.6 Å². The van der Waals surface area contributed by atoms with Gasteiger partial charge in [0.25, 0.3) is 8.32 Å². The van der Waals surface area contributed by atoms with Crippen LogP contribution >= 0.6 is 0 Å². The minimum Gasteiger partial charge on any atom is -0.514 e. The number of halogens is 6. The molecule has 0 unspecified atom stereocenters. The smallest absolute Gasteiger partial charge is 0.438 e. The van der Waals surface area contributed by atoms with Crippen LogP contribution in [0.3, 0.4) is 0 Å². The Hall–Kier alpha value is -0.823. The van der Waals surface area contributed by atoms with Gasteiger partial charge in [-0.15, -0.1) is 0 Å². The Labute approximate surface area is 149 Å². The molecule has 0 bridgehead atoms. The van der Waals surface area contributed by atoms with Gasteiger partial charge in [0.2, 0.25) is 0 Å². The first-order valence-electron chi connectivity index (χ1n) is 7.55. The monoisotopic (exact) mass is 432 g/mol. The standard InChI is InChI=1S/C13H22F6O5SSi/c1-7(2)26(8(3)4,9(5)6)24-10(20)11(14,15)12(16,17)13(18,19)25(21,22)23/h7-9H,1-6H3,(H,21,22,23). The Balaban J connectivity index is 6.21. The molecule has 0 spiro atoms. The van der Waals surface area contributed by atoms with Crippen LogP contribution in [0.1, 0.15) is 41.5 Å². The van der Waals surface area contributed by atoms with Gasteiger partial charge in [-0.25, -0.2) is 4.79 Å². The van der Waals surface area contributed by atoms with Crippen LogP contribution in [0, 0.1) is 0 Å². The van der Waals surface area contributed by atoms with E-state index in [-0.39, 0.29) is 0 Å². The van der Waals surface area contributed by atoms with E-state index < -0.39 is 58.1 Å². The van der Waals surface area contributed by atoms with E-state index in [1.165, 1.54) is 41.5 Å². The zero-order valence-electron chi connectivity index (χ0n) is 15.0. The van der Waals surface area contributed by atoms with Crippen molar-refractivity contribution in [2.24, 2.45) is 0 Å². The number of alkyl halides is 6. The van der Waals surface area contributed by atoms with Gasteiger partial charge in [0.15, 0.2) is 0 Å². The van der Waals surface area contributed by atoms with Crippen molar-refractivity contribution in [2.75, 3.05) is 0 Å². The van der Waals surface area contributed by atoms with E-state index in [0.29, 0.717) is 0 Å². The van der Waals surface area contributed by atoms with Crippen LogP contribution in [-0.2, 0) is 19.3 Å². The Morgan fingerprint density at radius 2 is 1.19 bits per heavy atom. The number of rotatable bonds is 8. The van der Waals surface area contributed by atoms with Crippen molar-refractivity contribution in [1.29, 1.82) is 0 Å². The van der Waals surface area contributed by atoms with Crippen molar-refractivity contribution >= 4 is 24.4 Å². The molecular weight excluding hydrogens is 410 g/mol. The summed E-state index contributed by atoms with van der Waals surface area (Å²) in [6.07, 6.45) is 0. The average Bonchev–Trinajstić information content (AvgIpc) is 2.41. The molecule has 26 heavy (non-hydrogen) atoms. The summed E-state index contributed by atoms with van der Waals surface area (Å²) in [6.45, 7) is 9.10. The highest BCUT2D eigenvalue weighted by molar-refractivity contribution is 7.87. The molecule has 0 heterocycles. The molecule has 0 aromatic rings. The molecule has 0 rings (SSSR count). The summed E-state index contributed by atoms with van der Waals surface area (Å²) >= 11 is 0. The topological polar surface area (TPSA) is 80.7 Å². The SMILES string of the molecule is CC(C)[Si](OC(=O)C(F)(F)C(F)(F)C(F)(F)S(=O)(=O)O)(C(C)C)C(C)C. The van der Waals surface area contributed by atoms with Gasteiger partial charge in [-0.05, 0) is 16.6 Å². The van der Waals surface area contributed by atoms with E-state index in [4.69, 9.17) is 8.98 Å². The summed E-state index contributed by atoms with van der Waals surface area (Å²) in [6, 6.07) is 0. The van der Waals surface area contributed by atoms with Crippen molar-refractivity contribution in [2.45, 2.75) is 75.3 Å². The van der Waals surface area contributed by atoms with Gasteiger partial charge in [0, 0.05) is 0 Å². The first-order chi connectivity index (χ1) is 11.2. The summed E-state index contributed by atoms with van der Waals surface area (Å²) in [5.74, 6) is -15.9. The van der Waals surface area contributed by atoms with Crippen LogP contribution in [0.2, 0.25) is 16.6 Å². The Bertz CT molecular complexity index is 611. The fraction of sp³-hybridized carbons (Fsp3) is 0.923. The molecule has 1 N–H and O–H groups in total. The predicted molar refractivity (Wildman–Crippen MR) is 83.5 cm³/mol. The van der Waals surface area contributed by atoms with Crippen LogP contribution in [0.4, 0.5) is 26.3 Å². The lowest BCUT2D eigenvalue weighted by Gasteiger charge is -2.42. The van der Waals surface area contributed by atoms with Crippen LogP contribution in [-0.4, -0.2) is 44.4 Å². The van der Waals surface area contributed by atoms with Crippen LogP contribution < -0.4 is 0 Å². The second kappa shape index (κ2) is 7.30. The highest BCUT2D eigenvalue weighted by Gasteiger charge is 2.81. The van der Waals surface area contributed by atoms with E-state index in [2.05, 4.69) is 0 Å². The molecule has 0 radical (unpaired) electrons. The van der Waals surface area contributed by atoms with E-state index >= 15 is 0 Å². The molecule has 0 saturated carbocycles. The second-order valence-electron chi connectivity index (χ2n) is 6.85. The highest BCUT2D eigenvalue weighted by Crippen LogP contribution is 2.50. The van der Waals surface area contributed by atoms with Gasteiger partial charge in [0.1, 0.15) is 0 Å². The fourth-order valence-electron chi connectivity index (χ4n) is 3.05. The molecule has 0 saturated heterocycles. The third-order valence-electron chi connectivity index (χ3n) is 4.32. The molecular formula is C13H22F6O5SSi. The number of carbonyl (C=O) groups is 1. The van der Waals surface area contributed by atoms with Crippen LogP contribution in [0.5, 0.6) is 0 Å². The Kier molecular flexibility index (Phi) is 7.07. The third-order valence-corrected chi connectivity index (χ3v) is 11.2. The molecule has 5 nitrogen and oxygen atoms in total. The van der Waals surface area contributed by atoms with Crippen molar-refractivity contribution in [3.05, 3.63) is 0 Å². The van der Waals surface area contributed by atoms with Crippen molar-refractivity contribution < 1.29 is 48.5 Å². The number of hydrogen-bond donors (Lipinski definition) is 1. The summed E-state index contributed by atoms with van der Waals surface area (Å²) in [5.41, 5.74) is -1.59. The van der Waals surface area contributed by atoms with Gasteiger partial charge in [-0.3, -0.25) is 4.55 Å². The average molecular weight is 432 g/mol. The summed E-state index contributed by atoms with van der Waals surface area (Å²) in [5, 5.41) is -6.60. The maximum Gasteiger partial charge on any atom is 0.438 e. The third kappa shape index (κ3) is 3.74. The largest absolute Gasteiger partial charge is 0.514 e. The number of carbonyl (C=O) groups excluding carboxylic acids is 1. The molecule has 156 valence electrons. The molecule has 0 aliphatic heterocycles. The molecule has 0 aliphatic rings. The Morgan fingerprint density at radius 1 is 0.885 bits per heavy atom. The molecule has 0 fully saturated rings. The van der Waals surface area contributed by atoms with Crippen molar-refractivity contribution in [3.63, 3.8) is 0 Å². The van der Waals surface area contributed by atoms with E-state index in [1.807, 2.05) is 0 Å². The maximum absolute atomic E-state index is 13.9. The summed E-state index contributed by atoms with van der Waals surface area (Å²) in [4.78, 5) is 11.8. The normalized spacial score (nSPS) is 15.1. The van der Waals surface area contributed by atoms with Gasteiger partial charge in [0.05, 0.1) is 0 Å². The lowest BCUT2D eigenvalue weighted by molar-refractivity contribution is -0.276. The minimum atomic E-state index is -6.93. The first kappa shape index (κ1) is 25.2. The molecule has 0 amide bonds. The van der Waals surface area contributed by atoms with Crippen LogP contribution in [0.25, 0.3) is 0 Å². The fourth-order valence-corrected chi connectivity index (χ4v) is 8.66. The summed E-state index contributed by atoms with van der Waals surface area (Å²) < 4.78 is 115. The van der Waals surface area contributed by atoms with Crippen LogP contribution in [0.15, 0.2) is 0 Å². The van der Waals surface area contributed by atoms with E-state index in [0.717, 1.165) is 0 Å². The zero-order valence-corrected chi connectivity index (χ0v) is 16.8. The van der Waals surface area contributed by atoms with Gasteiger partial charge < -0.3 is 4.43 Å². The lowest BCUT2D eigenvalue weighted by Crippen LogP contribution is -2.63. The zero-order chi connectivity index (χ0) is 21.5. The maximum atomic E-state index is 13.9. The van der Waals surface area contributed by atoms with Gasteiger partial charge in [-0.1, -0.05) is 41.5 Å². The molecule has 0 atom stereocenters. The van der Waals surface area contributed by atoms with Gasteiger partial charge >= 0.3 is 33.2 Å². The molecule has 0 aromatic carbocycles. The summed E-state index contributed by atoms with van der Waals surface area (Å²) in [7, 11) is -10.4. The number of hydrogen-bond acceptors (Lipinski definition) is 4. The van der Waals surface area contributed by atoms with Gasteiger partial charge in [-0.2, -0.15) is 34.8 Å². The van der Waals surface area contributed by atoms with Crippen molar-refractivity contribution in [3.8, 4) is 0 Å². The predicted octanol–water partition coefficient (Wildman–Crippen LogP) is 4.46. The molecule has 13 heteroatoms. The van der Waals surface area contributed by atoms with Crippen molar-refractivity contribution in [1.82, 2.24) is 0 Å². The van der Waals surface area contributed by atoms with E-state index in [1.54, 1.807) is 0 Å². The molecule has 0 aromatic heterocycles. The Morgan fingerprint density at radius 3 is 1.42 bits per heavy atom. The minimum absolute atomic E-state index is 0.530.